The molecule has 0 heterocycles. The number of carbonyl (C=O) groups is 1. The molecule has 0 amide bonds. The van der Waals surface area contributed by atoms with Gasteiger partial charge in [-0.25, -0.2) is 4.57 Å². The highest BCUT2D eigenvalue weighted by molar-refractivity contribution is 14.1. The van der Waals surface area contributed by atoms with Gasteiger partial charge in [0.15, 0.2) is 0 Å². The van der Waals surface area contributed by atoms with Gasteiger partial charge in [0.1, 0.15) is 30.2 Å². The SMILES string of the molecule is C[C@H](NP(=O)(Oc1ccc(I)cc1C#N)Oc1cccc2ccccc12)C(=O)OCc1ccccc1. The van der Waals surface area contributed by atoms with Gasteiger partial charge >= 0.3 is 13.7 Å². The van der Waals surface area contributed by atoms with Crippen LogP contribution in [0.1, 0.15) is 18.1 Å². The predicted molar refractivity (Wildman–Crippen MR) is 146 cm³/mol. The Morgan fingerprint density at radius 3 is 2.44 bits per heavy atom. The highest BCUT2D eigenvalue weighted by Gasteiger charge is 2.35. The molecular formula is C27H22IN2O5P. The van der Waals surface area contributed by atoms with Crippen molar-refractivity contribution in [2.75, 3.05) is 0 Å². The summed E-state index contributed by atoms with van der Waals surface area (Å²) in [4.78, 5) is 12.7. The van der Waals surface area contributed by atoms with E-state index in [2.05, 4.69) is 27.7 Å². The van der Waals surface area contributed by atoms with Crippen molar-refractivity contribution in [3.8, 4) is 17.6 Å². The lowest BCUT2D eigenvalue weighted by molar-refractivity contribution is -0.146. The number of nitrogens with one attached hydrogen (secondary N) is 1. The minimum Gasteiger partial charge on any atom is -0.460 e. The van der Waals surface area contributed by atoms with Crippen LogP contribution >= 0.6 is 30.3 Å². The summed E-state index contributed by atoms with van der Waals surface area (Å²) >= 11 is 2.07. The van der Waals surface area contributed by atoms with Gasteiger partial charge in [0.05, 0.1) is 5.56 Å². The van der Waals surface area contributed by atoms with Gasteiger partial charge in [-0.1, -0.05) is 66.7 Å². The van der Waals surface area contributed by atoms with Crippen LogP contribution < -0.4 is 14.1 Å². The highest BCUT2D eigenvalue weighted by atomic mass is 127. The van der Waals surface area contributed by atoms with Crippen LogP contribution in [0.5, 0.6) is 11.5 Å². The van der Waals surface area contributed by atoms with E-state index in [0.29, 0.717) is 11.1 Å². The van der Waals surface area contributed by atoms with Crippen LogP contribution in [0, 0.1) is 14.9 Å². The lowest BCUT2D eigenvalue weighted by Gasteiger charge is -2.24. The molecule has 0 saturated carbocycles. The third-order valence-electron chi connectivity index (χ3n) is 5.18. The molecule has 182 valence electrons. The first kappa shape index (κ1) is 25.7. The second-order valence-electron chi connectivity index (χ2n) is 7.85. The van der Waals surface area contributed by atoms with E-state index in [4.69, 9.17) is 13.8 Å². The number of halogens is 1. The largest absolute Gasteiger partial charge is 0.513 e. The molecule has 0 aromatic heterocycles. The number of benzene rings is 4. The number of ether oxygens (including phenoxy) is 1. The van der Waals surface area contributed by atoms with Crippen molar-refractivity contribution in [2.24, 2.45) is 0 Å². The zero-order chi connectivity index (χ0) is 25.5. The molecule has 0 saturated heterocycles. The Bertz CT molecular complexity index is 1470. The standard InChI is InChI=1S/C27H22IN2O5P/c1-19(27(31)33-18-20-8-3-2-4-9-20)30-36(32,34-25-15-14-23(28)16-22(25)17-29)35-26-13-7-11-21-10-5-6-12-24(21)26/h2-16,19H,18H2,1H3,(H,30,32)/t19-,36?/m0/s1. The average Bonchev–Trinajstić information content (AvgIpc) is 2.89. The van der Waals surface area contributed by atoms with E-state index in [1.807, 2.05) is 66.7 Å². The van der Waals surface area contributed by atoms with Gasteiger partial charge in [-0.2, -0.15) is 10.3 Å². The van der Waals surface area contributed by atoms with E-state index < -0.39 is 19.8 Å². The van der Waals surface area contributed by atoms with E-state index in [0.717, 1.165) is 14.5 Å². The van der Waals surface area contributed by atoms with Crippen molar-refractivity contribution in [3.05, 3.63) is 106 Å². The van der Waals surface area contributed by atoms with Gasteiger partial charge < -0.3 is 13.8 Å². The third kappa shape index (κ3) is 6.43. The quantitative estimate of drug-likeness (QED) is 0.129. The first-order valence-corrected chi connectivity index (χ1v) is 13.6. The Morgan fingerprint density at radius 1 is 0.972 bits per heavy atom. The van der Waals surface area contributed by atoms with Gasteiger partial charge in [-0.05, 0) is 64.7 Å². The van der Waals surface area contributed by atoms with Gasteiger partial charge in [-0.3, -0.25) is 4.79 Å². The molecule has 36 heavy (non-hydrogen) atoms. The molecule has 0 aliphatic heterocycles. The smallest absolute Gasteiger partial charge is 0.460 e. The molecule has 0 spiro atoms. The van der Waals surface area contributed by atoms with Crippen LogP contribution in [0.15, 0.2) is 91.0 Å². The van der Waals surface area contributed by atoms with Gasteiger partial charge in [0.2, 0.25) is 0 Å². The molecule has 0 fully saturated rings. The Kier molecular flexibility index (Phi) is 8.26. The topological polar surface area (TPSA) is 97.6 Å². The highest BCUT2D eigenvalue weighted by Crippen LogP contribution is 2.47. The average molecular weight is 612 g/mol. The first-order chi connectivity index (χ1) is 17.4. The molecule has 1 N–H and O–H groups in total. The van der Waals surface area contributed by atoms with E-state index >= 15 is 0 Å². The van der Waals surface area contributed by atoms with Crippen LogP contribution in [-0.4, -0.2) is 12.0 Å². The van der Waals surface area contributed by atoms with Gasteiger partial charge in [-0.15, -0.1) is 0 Å². The van der Waals surface area contributed by atoms with Crippen molar-refractivity contribution in [2.45, 2.75) is 19.6 Å². The number of carbonyl (C=O) groups excluding carboxylic acids is 1. The lowest BCUT2D eigenvalue weighted by atomic mass is 10.1. The normalized spacial score (nSPS) is 13.2. The maximum absolute atomic E-state index is 14.1. The van der Waals surface area contributed by atoms with E-state index in [1.165, 1.54) is 6.92 Å². The van der Waals surface area contributed by atoms with E-state index in [1.54, 1.807) is 30.3 Å². The molecule has 4 aromatic rings. The van der Waals surface area contributed by atoms with Gasteiger partial charge in [0, 0.05) is 8.96 Å². The van der Waals surface area contributed by atoms with Crippen molar-refractivity contribution < 1.29 is 23.1 Å². The number of fused-ring (bicyclic) bond motifs is 1. The van der Waals surface area contributed by atoms with Crippen molar-refractivity contribution in [1.29, 1.82) is 5.26 Å². The number of hydrogen-bond acceptors (Lipinski definition) is 6. The van der Waals surface area contributed by atoms with Crippen LogP contribution in [0.25, 0.3) is 10.8 Å². The zero-order valence-electron chi connectivity index (χ0n) is 19.3. The summed E-state index contributed by atoms with van der Waals surface area (Å²) in [7, 11) is -4.23. The fourth-order valence-corrected chi connectivity index (χ4v) is 5.47. The van der Waals surface area contributed by atoms with Gasteiger partial charge in [0.25, 0.3) is 0 Å². The van der Waals surface area contributed by atoms with Crippen molar-refractivity contribution in [1.82, 2.24) is 5.09 Å². The number of nitrogens with zero attached hydrogens (tertiary/aromatic N) is 1. The minimum absolute atomic E-state index is 0.0662. The molecule has 0 radical (unpaired) electrons. The lowest BCUT2D eigenvalue weighted by Crippen LogP contribution is -2.35. The Hall–Kier alpha value is -3.38. The summed E-state index contributed by atoms with van der Waals surface area (Å²) in [6, 6.07) is 27.9. The van der Waals surface area contributed by atoms with Crippen molar-refractivity contribution >= 4 is 47.1 Å². The number of nitriles is 1. The van der Waals surface area contributed by atoms with Crippen LogP contribution in [0.3, 0.4) is 0 Å². The van der Waals surface area contributed by atoms with Crippen LogP contribution in [0.4, 0.5) is 0 Å². The minimum atomic E-state index is -4.23. The van der Waals surface area contributed by atoms with Crippen LogP contribution in [0.2, 0.25) is 0 Å². The molecule has 4 rings (SSSR count). The Balaban J connectivity index is 1.61. The maximum atomic E-state index is 14.1. The molecule has 4 aromatic carbocycles. The van der Waals surface area contributed by atoms with E-state index in [9.17, 15) is 14.6 Å². The molecule has 2 atom stereocenters. The van der Waals surface area contributed by atoms with Crippen molar-refractivity contribution in [3.63, 3.8) is 0 Å². The molecule has 0 aliphatic rings. The summed E-state index contributed by atoms with van der Waals surface area (Å²) in [5.74, 6) is -0.260. The van der Waals surface area contributed by atoms with E-state index in [-0.39, 0.29) is 17.9 Å². The number of rotatable bonds is 9. The number of esters is 1. The summed E-state index contributed by atoms with van der Waals surface area (Å²) < 4.78 is 32.0. The molecule has 7 nitrogen and oxygen atoms in total. The maximum Gasteiger partial charge on any atom is 0.513 e. The fraction of sp³-hybridized carbons (Fsp3) is 0.111. The summed E-state index contributed by atoms with van der Waals surface area (Å²) in [6.45, 7) is 1.58. The third-order valence-corrected chi connectivity index (χ3v) is 7.43. The molecule has 0 bridgehead atoms. The fourth-order valence-electron chi connectivity index (χ4n) is 3.42. The second-order valence-corrected chi connectivity index (χ2v) is 10.7. The molecule has 1 unspecified atom stereocenters. The Morgan fingerprint density at radius 2 is 1.67 bits per heavy atom. The monoisotopic (exact) mass is 612 g/mol. The summed E-state index contributed by atoms with van der Waals surface area (Å²) in [6.07, 6.45) is 0. The summed E-state index contributed by atoms with van der Waals surface area (Å²) in [5, 5.41) is 13.8. The second kappa shape index (κ2) is 11.6. The molecule has 0 aliphatic carbocycles. The number of hydrogen-bond donors (Lipinski definition) is 1. The summed E-state index contributed by atoms with van der Waals surface area (Å²) in [5.41, 5.74) is 1.01. The molecular weight excluding hydrogens is 590 g/mol. The Labute approximate surface area is 222 Å². The van der Waals surface area contributed by atoms with Crippen LogP contribution in [-0.2, 0) is 20.7 Å². The first-order valence-electron chi connectivity index (χ1n) is 11.0. The zero-order valence-corrected chi connectivity index (χ0v) is 22.3. The molecule has 9 heteroatoms. The predicted octanol–water partition coefficient (Wildman–Crippen LogP) is 6.60.